The largest absolute Gasteiger partial charge is 0.349 e. The maximum Gasteiger partial charge on any atom is 0.287 e. The lowest BCUT2D eigenvalue weighted by molar-refractivity contribution is -0.114. The first-order chi connectivity index (χ1) is 13.8. The number of anilines is 2. The molecule has 1 aromatic carbocycles. The summed E-state index contributed by atoms with van der Waals surface area (Å²) in [6.07, 6.45) is 2.64. The van der Waals surface area contributed by atoms with Crippen LogP contribution in [0.4, 0.5) is 11.4 Å². The first-order valence-corrected chi connectivity index (χ1v) is 9.91. The number of rotatable bonds is 6. The van der Waals surface area contributed by atoms with Crippen molar-refractivity contribution in [3.05, 3.63) is 41.5 Å². The molecule has 0 aliphatic carbocycles. The van der Waals surface area contributed by atoms with Gasteiger partial charge in [-0.3, -0.25) is 14.4 Å². The average Bonchev–Trinajstić information content (AvgIpc) is 3.07. The van der Waals surface area contributed by atoms with Crippen molar-refractivity contribution in [2.45, 2.75) is 46.6 Å². The third-order valence-electron chi connectivity index (χ3n) is 4.67. The van der Waals surface area contributed by atoms with E-state index in [1.807, 2.05) is 18.4 Å². The van der Waals surface area contributed by atoms with Gasteiger partial charge in [-0.05, 0) is 49.4 Å². The Hall–Kier alpha value is -3.16. The maximum atomic E-state index is 12.9. The number of hydrogen-bond acceptors (Lipinski definition) is 4. The third kappa shape index (κ3) is 5.01. The molecule has 0 radical (unpaired) electrons. The van der Waals surface area contributed by atoms with Crippen molar-refractivity contribution in [3.8, 4) is 0 Å². The van der Waals surface area contributed by atoms with E-state index in [9.17, 15) is 14.4 Å². The molecule has 0 spiro atoms. The monoisotopic (exact) mass is 397 g/mol. The highest BCUT2D eigenvalue weighted by molar-refractivity contribution is 6.05. The van der Waals surface area contributed by atoms with Crippen LogP contribution in [-0.2, 0) is 17.8 Å². The fourth-order valence-electron chi connectivity index (χ4n) is 3.30. The zero-order valence-corrected chi connectivity index (χ0v) is 17.0. The normalized spacial score (nSPS) is 13.0. The lowest BCUT2D eigenvalue weighted by Gasteiger charge is -2.17. The van der Waals surface area contributed by atoms with Gasteiger partial charge in [-0.1, -0.05) is 13.8 Å². The predicted molar refractivity (Wildman–Crippen MR) is 111 cm³/mol. The molecule has 1 aromatic heterocycles. The van der Waals surface area contributed by atoms with Crippen molar-refractivity contribution in [1.82, 2.24) is 14.9 Å². The molecule has 8 nitrogen and oxygen atoms in total. The van der Waals surface area contributed by atoms with E-state index in [-0.39, 0.29) is 17.7 Å². The van der Waals surface area contributed by atoms with Gasteiger partial charge in [0.25, 0.3) is 11.8 Å². The van der Waals surface area contributed by atoms with E-state index in [0.717, 1.165) is 18.5 Å². The van der Waals surface area contributed by atoms with Gasteiger partial charge in [0.05, 0.1) is 5.69 Å². The molecule has 0 atom stereocenters. The van der Waals surface area contributed by atoms with Crippen LogP contribution < -0.4 is 16.0 Å². The Bertz CT molecular complexity index is 915. The van der Waals surface area contributed by atoms with E-state index in [0.29, 0.717) is 48.3 Å². The van der Waals surface area contributed by atoms with Crippen LogP contribution >= 0.6 is 0 Å². The van der Waals surface area contributed by atoms with Crippen LogP contribution in [0.1, 0.15) is 60.4 Å². The molecule has 2 aromatic rings. The van der Waals surface area contributed by atoms with Crippen LogP contribution in [0.3, 0.4) is 0 Å². The summed E-state index contributed by atoms with van der Waals surface area (Å²) < 4.78 is 1.87. The molecule has 2 heterocycles. The van der Waals surface area contributed by atoms with Crippen LogP contribution in [-0.4, -0.2) is 33.8 Å². The Balaban J connectivity index is 1.79. The topological polar surface area (TPSA) is 105 Å². The number of carbonyl (C=O) groups excluding carboxylic acids is 3. The number of carbonyl (C=O) groups is 3. The summed E-state index contributed by atoms with van der Waals surface area (Å²) in [5, 5.41) is 8.40. The number of aromatic nitrogens is 2. The molecule has 29 heavy (non-hydrogen) atoms. The second kappa shape index (κ2) is 8.89. The summed E-state index contributed by atoms with van der Waals surface area (Å²) >= 11 is 0. The lowest BCUT2D eigenvalue weighted by Crippen LogP contribution is -2.30. The summed E-state index contributed by atoms with van der Waals surface area (Å²) in [7, 11) is 0. The van der Waals surface area contributed by atoms with Crippen molar-refractivity contribution in [1.29, 1.82) is 0 Å². The number of nitrogens with zero attached hydrogens (tertiary/aromatic N) is 2. The summed E-state index contributed by atoms with van der Waals surface area (Å²) in [4.78, 5) is 41.0. The van der Waals surface area contributed by atoms with Gasteiger partial charge in [-0.25, -0.2) is 4.98 Å². The summed E-state index contributed by atoms with van der Waals surface area (Å²) in [5.41, 5.74) is 2.34. The Morgan fingerprint density at radius 1 is 1.03 bits per heavy atom. The van der Waals surface area contributed by atoms with Crippen LogP contribution in [0.15, 0.2) is 24.3 Å². The summed E-state index contributed by atoms with van der Waals surface area (Å²) in [6.45, 7) is 6.73. The van der Waals surface area contributed by atoms with E-state index in [4.69, 9.17) is 0 Å². The average molecular weight is 397 g/mol. The van der Waals surface area contributed by atoms with Crippen LogP contribution in [0.2, 0.25) is 0 Å². The van der Waals surface area contributed by atoms with Crippen molar-refractivity contribution in [3.63, 3.8) is 0 Å². The van der Waals surface area contributed by atoms with Gasteiger partial charge < -0.3 is 20.5 Å². The minimum absolute atomic E-state index is 0.158. The van der Waals surface area contributed by atoms with Gasteiger partial charge in [0, 0.05) is 31.4 Å². The molecule has 0 saturated heterocycles. The Morgan fingerprint density at radius 2 is 1.69 bits per heavy atom. The number of hydrogen-bond donors (Lipinski definition) is 3. The Labute approximate surface area is 170 Å². The van der Waals surface area contributed by atoms with Crippen LogP contribution in [0.5, 0.6) is 0 Å². The van der Waals surface area contributed by atoms with E-state index >= 15 is 0 Å². The van der Waals surface area contributed by atoms with Gasteiger partial charge in [-0.15, -0.1) is 0 Å². The molecule has 8 heteroatoms. The molecular weight excluding hydrogens is 370 g/mol. The fourth-order valence-corrected chi connectivity index (χ4v) is 3.30. The molecule has 3 amide bonds. The van der Waals surface area contributed by atoms with E-state index in [2.05, 4.69) is 20.9 Å². The standard InChI is InChI=1S/C21H27N5O3/c1-13(2)12-22-21(29)19-25-18(17-6-4-5-11-26(17)19)20(28)24-16-9-7-15(8-10-16)23-14(3)27/h7-10,13H,4-6,11-12H2,1-3H3,(H,22,29)(H,23,27)(H,24,28). The maximum absolute atomic E-state index is 12.9. The molecule has 154 valence electrons. The minimum Gasteiger partial charge on any atom is -0.349 e. The van der Waals surface area contributed by atoms with Crippen LogP contribution in [0, 0.1) is 5.92 Å². The highest BCUT2D eigenvalue weighted by Gasteiger charge is 2.27. The van der Waals surface area contributed by atoms with Gasteiger partial charge in [0.15, 0.2) is 11.5 Å². The third-order valence-corrected chi connectivity index (χ3v) is 4.67. The van der Waals surface area contributed by atoms with Gasteiger partial charge >= 0.3 is 0 Å². The number of fused-ring (bicyclic) bond motifs is 1. The SMILES string of the molecule is CC(=O)Nc1ccc(NC(=O)c2nc(C(=O)NCC(C)C)n3c2CCCC3)cc1. The molecule has 1 aliphatic heterocycles. The molecule has 0 fully saturated rings. The number of benzene rings is 1. The highest BCUT2D eigenvalue weighted by atomic mass is 16.2. The minimum atomic E-state index is -0.342. The van der Waals surface area contributed by atoms with E-state index < -0.39 is 0 Å². The quantitative estimate of drug-likeness (QED) is 0.697. The van der Waals surface area contributed by atoms with Gasteiger partial charge in [0.2, 0.25) is 5.91 Å². The smallest absolute Gasteiger partial charge is 0.287 e. The fraction of sp³-hybridized carbons (Fsp3) is 0.429. The van der Waals surface area contributed by atoms with Crippen molar-refractivity contribution in [2.75, 3.05) is 17.2 Å². The lowest BCUT2D eigenvalue weighted by atomic mass is 10.1. The molecule has 3 N–H and O–H groups in total. The first kappa shape index (κ1) is 20.6. The van der Waals surface area contributed by atoms with Crippen molar-refractivity contribution in [2.24, 2.45) is 5.92 Å². The molecule has 0 saturated carbocycles. The van der Waals surface area contributed by atoms with E-state index in [1.165, 1.54) is 6.92 Å². The van der Waals surface area contributed by atoms with Gasteiger partial charge in [-0.2, -0.15) is 0 Å². The van der Waals surface area contributed by atoms with E-state index in [1.54, 1.807) is 24.3 Å². The zero-order valence-electron chi connectivity index (χ0n) is 17.0. The number of nitrogens with one attached hydrogen (secondary N) is 3. The van der Waals surface area contributed by atoms with Crippen molar-refractivity contribution < 1.29 is 14.4 Å². The summed E-state index contributed by atoms with van der Waals surface area (Å²) in [6, 6.07) is 6.85. The molecule has 0 unspecified atom stereocenters. The zero-order chi connectivity index (χ0) is 21.0. The first-order valence-electron chi connectivity index (χ1n) is 9.91. The van der Waals surface area contributed by atoms with Crippen LogP contribution in [0.25, 0.3) is 0 Å². The second-order valence-electron chi connectivity index (χ2n) is 7.66. The molecule has 0 bridgehead atoms. The Morgan fingerprint density at radius 3 is 2.31 bits per heavy atom. The van der Waals surface area contributed by atoms with Gasteiger partial charge in [0.1, 0.15) is 0 Å². The summed E-state index contributed by atoms with van der Waals surface area (Å²) in [5.74, 6) is -0.120. The number of amides is 3. The second-order valence-corrected chi connectivity index (χ2v) is 7.66. The molecular formula is C21H27N5O3. The molecule has 3 rings (SSSR count). The number of imidazole rings is 1. The highest BCUT2D eigenvalue weighted by Crippen LogP contribution is 2.22. The Kier molecular flexibility index (Phi) is 6.31. The van der Waals surface area contributed by atoms with Crippen molar-refractivity contribution >= 4 is 29.1 Å². The predicted octanol–water partition coefficient (Wildman–Crippen LogP) is 2.82. The molecule has 1 aliphatic rings.